The third kappa shape index (κ3) is 5.33. The lowest BCUT2D eigenvalue weighted by atomic mass is 9.80. The second-order valence-electron chi connectivity index (χ2n) is 7.92. The first-order chi connectivity index (χ1) is 12.3. The van der Waals surface area contributed by atoms with Gasteiger partial charge in [0.1, 0.15) is 11.2 Å². The molecule has 0 N–H and O–H groups in total. The van der Waals surface area contributed by atoms with Crippen LogP contribution < -0.4 is 0 Å². The minimum absolute atomic E-state index is 0.354. The molecule has 0 spiro atoms. The summed E-state index contributed by atoms with van der Waals surface area (Å²) in [7, 11) is 0. The van der Waals surface area contributed by atoms with Crippen LogP contribution in [0.25, 0.3) is 0 Å². The highest BCUT2D eigenvalue weighted by molar-refractivity contribution is 5.88. The van der Waals surface area contributed by atoms with Crippen LogP contribution in [0.15, 0.2) is 36.5 Å². The van der Waals surface area contributed by atoms with Crippen molar-refractivity contribution < 1.29 is 19.1 Å². The molecule has 144 valence electrons. The maximum Gasteiger partial charge on any atom is 0.333 e. The molecule has 0 unspecified atom stereocenters. The summed E-state index contributed by atoms with van der Waals surface area (Å²) in [5, 5.41) is 0. The van der Waals surface area contributed by atoms with Crippen molar-refractivity contribution in [3.05, 3.63) is 36.5 Å². The van der Waals surface area contributed by atoms with Gasteiger partial charge < -0.3 is 9.47 Å². The molecule has 0 aromatic rings. The molecule has 26 heavy (non-hydrogen) atoms. The normalized spacial score (nSPS) is 21.8. The van der Waals surface area contributed by atoms with E-state index in [-0.39, 0.29) is 11.9 Å². The van der Waals surface area contributed by atoms with Crippen LogP contribution in [-0.4, -0.2) is 23.1 Å². The number of carbonyl (C=O) groups excluding carboxylic acids is 2. The number of rotatable bonds is 6. The van der Waals surface area contributed by atoms with Crippen molar-refractivity contribution in [2.45, 2.75) is 89.3 Å². The number of ether oxygens (including phenoxy) is 2. The molecular formula is C22H32O4. The van der Waals surface area contributed by atoms with Gasteiger partial charge in [0.25, 0.3) is 0 Å². The minimum Gasteiger partial charge on any atom is -0.451 e. The SMILES string of the molecule is C=C(C)C(=O)OC1(/C=C\C2(OC(=O)C(=C)C)CCCCC2)CCCCC1. The number of esters is 2. The molecule has 0 amide bonds. The summed E-state index contributed by atoms with van der Waals surface area (Å²) in [5.74, 6) is -0.707. The summed E-state index contributed by atoms with van der Waals surface area (Å²) in [5.41, 5.74) is -0.420. The Morgan fingerprint density at radius 3 is 1.27 bits per heavy atom. The monoisotopic (exact) mass is 360 g/mol. The third-order valence-electron chi connectivity index (χ3n) is 5.38. The fourth-order valence-electron chi connectivity index (χ4n) is 3.75. The molecule has 2 saturated carbocycles. The van der Waals surface area contributed by atoms with E-state index in [1.807, 2.05) is 12.2 Å². The Kier molecular flexibility index (Phi) is 6.85. The Balaban J connectivity index is 2.25. The molecule has 0 aromatic carbocycles. The lowest BCUT2D eigenvalue weighted by molar-refractivity contribution is -0.155. The first-order valence-corrected chi connectivity index (χ1v) is 9.76. The average molecular weight is 360 g/mol. The summed E-state index contributed by atoms with van der Waals surface area (Å²) >= 11 is 0. The van der Waals surface area contributed by atoms with Gasteiger partial charge in [-0.1, -0.05) is 26.0 Å². The molecule has 0 heterocycles. The summed E-state index contributed by atoms with van der Waals surface area (Å²) in [6.45, 7) is 10.7. The van der Waals surface area contributed by atoms with Crippen molar-refractivity contribution in [1.29, 1.82) is 0 Å². The Morgan fingerprint density at radius 2 is 1.00 bits per heavy atom. The number of hydrogen-bond donors (Lipinski definition) is 0. The van der Waals surface area contributed by atoms with Crippen LogP contribution in [0.5, 0.6) is 0 Å². The van der Waals surface area contributed by atoms with Crippen molar-refractivity contribution in [2.24, 2.45) is 0 Å². The quantitative estimate of drug-likeness (QED) is 0.372. The summed E-state index contributed by atoms with van der Waals surface area (Å²) in [6.07, 6.45) is 13.6. The van der Waals surface area contributed by atoms with E-state index in [0.29, 0.717) is 11.1 Å². The van der Waals surface area contributed by atoms with E-state index in [0.717, 1.165) is 64.2 Å². The topological polar surface area (TPSA) is 52.6 Å². The van der Waals surface area contributed by atoms with Gasteiger partial charge in [0, 0.05) is 11.1 Å². The van der Waals surface area contributed by atoms with E-state index in [4.69, 9.17) is 9.47 Å². The summed E-state index contributed by atoms with van der Waals surface area (Å²) < 4.78 is 11.7. The highest BCUT2D eigenvalue weighted by Gasteiger charge is 2.38. The molecule has 0 saturated heterocycles. The fourth-order valence-corrected chi connectivity index (χ4v) is 3.75. The molecular weight excluding hydrogens is 328 g/mol. The zero-order valence-corrected chi connectivity index (χ0v) is 16.3. The zero-order valence-electron chi connectivity index (χ0n) is 16.3. The smallest absolute Gasteiger partial charge is 0.333 e. The highest BCUT2D eigenvalue weighted by Crippen LogP contribution is 2.38. The summed E-state index contributed by atoms with van der Waals surface area (Å²) in [6, 6.07) is 0. The van der Waals surface area contributed by atoms with E-state index < -0.39 is 11.2 Å². The van der Waals surface area contributed by atoms with Gasteiger partial charge >= 0.3 is 11.9 Å². The third-order valence-corrected chi connectivity index (χ3v) is 5.38. The van der Waals surface area contributed by atoms with E-state index in [9.17, 15) is 9.59 Å². The Hall–Kier alpha value is -1.84. The first kappa shape index (κ1) is 20.5. The number of hydrogen-bond acceptors (Lipinski definition) is 4. The molecule has 0 aliphatic heterocycles. The fraction of sp³-hybridized carbons (Fsp3) is 0.636. The van der Waals surface area contributed by atoms with Gasteiger partial charge in [-0.25, -0.2) is 9.59 Å². The van der Waals surface area contributed by atoms with Crippen LogP contribution in [-0.2, 0) is 19.1 Å². The van der Waals surface area contributed by atoms with Crippen molar-refractivity contribution >= 4 is 11.9 Å². The number of carbonyl (C=O) groups is 2. The Morgan fingerprint density at radius 1 is 0.692 bits per heavy atom. The standard InChI is InChI=1S/C22H32O4/c1-17(2)19(23)25-21(11-7-5-8-12-21)15-16-22(13-9-6-10-14-22)26-20(24)18(3)4/h15-16H,1,3,5-14H2,2,4H3/b16-15-. The second-order valence-corrected chi connectivity index (χ2v) is 7.92. The van der Waals surface area contributed by atoms with Crippen LogP contribution in [0.1, 0.15) is 78.1 Å². The lowest BCUT2D eigenvalue weighted by Crippen LogP contribution is -2.39. The van der Waals surface area contributed by atoms with Gasteiger partial charge in [0.15, 0.2) is 0 Å². The average Bonchev–Trinajstić information content (AvgIpc) is 2.61. The first-order valence-electron chi connectivity index (χ1n) is 9.76. The van der Waals surface area contributed by atoms with Gasteiger partial charge in [0.2, 0.25) is 0 Å². The van der Waals surface area contributed by atoms with Crippen molar-refractivity contribution in [2.75, 3.05) is 0 Å². The van der Waals surface area contributed by atoms with Crippen molar-refractivity contribution in [1.82, 2.24) is 0 Å². The van der Waals surface area contributed by atoms with Crippen LogP contribution in [0.4, 0.5) is 0 Å². The molecule has 4 heteroatoms. The minimum atomic E-state index is -0.617. The lowest BCUT2D eigenvalue weighted by Gasteiger charge is -2.38. The van der Waals surface area contributed by atoms with E-state index in [1.54, 1.807) is 13.8 Å². The molecule has 0 atom stereocenters. The molecule has 0 aromatic heterocycles. The molecule has 0 radical (unpaired) electrons. The van der Waals surface area contributed by atoms with Crippen molar-refractivity contribution in [3.63, 3.8) is 0 Å². The van der Waals surface area contributed by atoms with Gasteiger partial charge in [-0.2, -0.15) is 0 Å². The molecule has 2 aliphatic rings. The molecule has 2 fully saturated rings. The van der Waals surface area contributed by atoms with Gasteiger partial charge in [-0.05, 0) is 77.4 Å². The predicted molar refractivity (Wildman–Crippen MR) is 103 cm³/mol. The van der Waals surface area contributed by atoms with Crippen LogP contribution in [0.3, 0.4) is 0 Å². The van der Waals surface area contributed by atoms with Crippen LogP contribution in [0.2, 0.25) is 0 Å². The Labute approximate surface area is 157 Å². The van der Waals surface area contributed by atoms with E-state index >= 15 is 0 Å². The van der Waals surface area contributed by atoms with E-state index in [1.165, 1.54) is 0 Å². The van der Waals surface area contributed by atoms with Gasteiger partial charge in [-0.15, -0.1) is 0 Å². The van der Waals surface area contributed by atoms with Crippen LogP contribution >= 0.6 is 0 Å². The van der Waals surface area contributed by atoms with Crippen molar-refractivity contribution in [3.8, 4) is 0 Å². The highest BCUT2D eigenvalue weighted by atomic mass is 16.6. The second kappa shape index (κ2) is 8.70. The zero-order chi connectivity index (χ0) is 19.2. The van der Waals surface area contributed by atoms with Crippen LogP contribution in [0, 0.1) is 0 Å². The molecule has 2 aliphatic carbocycles. The maximum atomic E-state index is 12.2. The maximum absolute atomic E-state index is 12.2. The molecule has 0 bridgehead atoms. The Bertz CT molecular complexity index is 535. The summed E-state index contributed by atoms with van der Waals surface area (Å²) in [4.78, 5) is 24.3. The molecule has 2 rings (SSSR count). The molecule has 4 nitrogen and oxygen atoms in total. The van der Waals surface area contributed by atoms with Gasteiger partial charge in [-0.3, -0.25) is 0 Å². The van der Waals surface area contributed by atoms with Gasteiger partial charge in [0.05, 0.1) is 0 Å². The van der Waals surface area contributed by atoms with E-state index in [2.05, 4.69) is 13.2 Å². The predicted octanol–water partition coefficient (Wildman–Crippen LogP) is 5.19. The largest absolute Gasteiger partial charge is 0.451 e.